The first kappa shape index (κ1) is 23.3. The quantitative estimate of drug-likeness (QED) is 0.270. The van der Waals surface area contributed by atoms with Gasteiger partial charge in [0.25, 0.3) is 0 Å². The van der Waals surface area contributed by atoms with Crippen LogP contribution in [0.2, 0.25) is 0 Å². The number of aliphatic hydroxyl groups is 1. The summed E-state index contributed by atoms with van der Waals surface area (Å²) in [6.45, 7) is 4.10. The van der Waals surface area contributed by atoms with Crippen LogP contribution in [-0.2, 0) is 5.41 Å². The summed E-state index contributed by atoms with van der Waals surface area (Å²) in [5.74, 6) is 0.697. The fourth-order valence-electron chi connectivity index (χ4n) is 5.92. The van der Waals surface area contributed by atoms with Crippen molar-refractivity contribution in [3.8, 4) is 22.6 Å². The van der Waals surface area contributed by atoms with Crippen LogP contribution in [-0.4, -0.2) is 31.1 Å². The monoisotopic (exact) mass is 486 g/mol. The zero-order chi connectivity index (χ0) is 25.4. The second kappa shape index (κ2) is 9.41. The number of nitrogens with zero attached hydrogens (tertiary/aromatic N) is 3. The molecule has 0 radical (unpaired) electrons. The molecule has 2 N–H and O–H groups in total. The lowest BCUT2D eigenvalue weighted by atomic mass is 9.72. The van der Waals surface area contributed by atoms with Crippen molar-refractivity contribution in [1.29, 1.82) is 0 Å². The van der Waals surface area contributed by atoms with E-state index in [2.05, 4.69) is 66.5 Å². The Morgan fingerprint density at radius 3 is 2.14 bits per heavy atom. The van der Waals surface area contributed by atoms with Crippen LogP contribution in [0.25, 0.3) is 22.6 Å². The number of nitrogens with one attached hydrogen (secondary N) is 1. The Labute approximate surface area is 217 Å². The highest BCUT2D eigenvalue weighted by molar-refractivity contribution is 5.85. The number of hydrogen-bond acceptors (Lipinski definition) is 4. The normalized spacial score (nSPS) is 15.1. The van der Waals surface area contributed by atoms with Gasteiger partial charge in [-0.2, -0.15) is 0 Å². The van der Waals surface area contributed by atoms with Gasteiger partial charge in [-0.05, 0) is 59.4 Å². The number of aromatic nitrogens is 4. The zero-order valence-corrected chi connectivity index (χ0v) is 21.1. The molecule has 3 heterocycles. The molecule has 5 aromatic rings. The molecule has 1 aliphatic carbocycles. The predicted octanol–water partition coefficient (Wildman–Crippen LogP) is 6.49. The Balaban J connectivity index is 1.54. The molecule has 0 aliphatic heterocycles. The van der Waals surface area contributed by atoms with Gasteiger partial charge in [-0.25, -0.2) is 9.97 Å². The van der Waals surface area contributed by atoms with Gasteiger partial charge in [0, 0.05) is 17.8 Å². The SMILES string of the molecule is CCC(O)C(CC)c1cccc(-c2ncc(C3(c4ccccn4)c4ccccc4-c4ccccc43)[nH]2)n1. The summed E-state index contributed by atoms with van der Waals surface area (Å²) in [5, 5.41) is 10.6. The lowest BCUT2D eigenvalue weighted by molar-refractivity contribution is 0.135. The molecular weight excluding hydrogens is 456 g/mol. The van der Waals surface area contributed by atoms with E-state index in [1.807, 2.05) is 49.6 Å². The van der Waals surface area contributed by atoms with E-state index in [0.29, 0.717) is 12.2 Å². The number of hydrogen-bond donors (Lipinski definition) is 2. The second-order valence-electron chi connectivity index (χ2n) is 9.64. The maximum absolute atomic E-state index is 10.6. The molecule has 0 bridgehead atoms. The number of pyridine rings is 2. The number of rotatable bonds is 7. The number of benzene rings is 2. The molecule has 3 aromatic heterocycles. The molecule has 37 heavy (non-hydrogen) atoms. The van der Waals surface area contributed by atoms with Gasteiger partial charge in [-0.1, -0.05) is 74.5 Å². The van der Waals surface area contributed by atoms with E-state index >= 15 is 0 Å². The Hall–Kier alpha value is -4.09. The summed E-state index contributed by atoms with van der Waals surface area (Å²) in [6.07, 6.45) is 4.88. The molecular formula is C32H30N4O. The molecule has 0 spiro atoms. The summed E-state index contributed by atoms with van der Waals surface area (Å²) >= 11 is 0. The number of imidazole rings is 1. The maximum Gasteiger partial charge on any atom is 0.156 e. The number of aromatic amines is 1. The largest absolute Gasteiger partial charge is 0.392 e. The van der Waals surface area contributed by atoms with Crippen molar-refractivity contribution in [3.63, 3.8) is 0 Å². The van der Waals surface area contributed by atoms with Crippen molar-refractivity contribution in [2.45, 2.75) is 44.1 Å². The first-order valence-electron chi connectivity index (χ1n) is 13.0. The van der Waals surface area contributed by atoms with Gasteiger partial charge in [0.05, 0.1) is 23.7 Å². The fourth-order valence-corrected chi connectivity index (χ4v) is 5.92. The Kier molecular flexibility index (Phi) is 5.93. The minimum absolute atomic E-state index is 0.00664. The molecule has 0 saturated heterocycles. The molecule has 5 nitrogen and oxygen atoms in total. The van der Waals surface area contributed by atoms with Crippen LogP contribution in [0, 0.1) is 0 Å². The molecule has 1 aliphatic rings. The standard InChI is InChI=1S/C32H30N4O/c1-3-21(28(37)4-2)26-16-11-17-27(35-26)31-34-20-30(36-31)32(29-18-9-10-19-33-29)24-14-7-5-12-22(24)23-13-6-8-15-25(23)32/h5-21,28,37H,3-4H2,1-2H3,(H,34,36). The van der Waals surface area contributed by atoms with Crippen molar-refractivity contribution in [3.05, 3.63) is 126 Å². The van der Waals surface area contributed by atoms with E-state index < -0.39 is 11.5 Å². The van der Waals surface area contributed by atoms with Crippen molar-refractivity contribution in [2.24, 2.45) is 0 Å². The van der Waals surface area contributed by atoms with Gasteiger partial charge in [0.1, 0.15) is 11.1 Å². The Bertz CT molecular complexity index is 1500. The van der Waals surface area contributed by atoms with Gasteiger partial charge in [-0.3, -0.25) is 4.98 Å². The van der Waals surface area contributed by atoms with E-state index in [0.717, 1.165) is 29.2 Å². The van der Waals surface area contributed by atoms with Gasteiger partial charge in [-0.15, -0.1) is 0 Å². The molecule has 2 unspecified atom stereocenters. The molecule has 0 saturated carbocycles. The van der Waals surface area contributed by atoms with Crippen LogP contribution in [0.4, 0.5) is 0 Å². The second-order valence-corrected chi connectivity index (χ2v) is 9.64. The minimum Gasteiger partial charge on any atom is -0.392 e. The number of aliphatic hydroxyl groups excluding tert-OH is 1. The minimum atomic E-state index is -0.623. The fraction of sp³-hybridized carbons (Fsp3) is 0.219. The van der Waals surface area contributed by atoms with Gasteiger partial charge in [0.15, 0.2) is 5.82 Å². The highest BCUT2D eigenvalue weighted by Crippen LogP contribution is 2.55. The van der Waals surface area contributed by atoms with E-state index in [-0.39, 0.29) is 5.92 Å². The number of H-pyrrole nitrogens is 1. The Morgan fingerprint density at radius 1 is 0.784 bits per heavy atom. The molecule has 0 amide bonds. The lowest BCUT2D eigenvalue weighted by Crippen LogP contribution is -2.30. The maximum atomic E-state index is 10.6. The first-order valence-corrected chi connectivity index (χ1v) is 13.0. The predicted molar refractivity (Wildman–Crippen MR) is 146 cm³/mol. The average Bonchev–Trinajstić information content (AvgIpc) is 3.56. The molecule has 6 rings (SSSR count). The Morgan fingerprint density at radius 2 is 1.49 bits per heavy atom. The smallest absolute Gasteiger partial charge is 0.156 e. The topological polar surface area (TPSA) is 74.7 Å². The van der Waals surface area contributed by atoms with E-state index in [9.17, 15) is 5.11 Å². The van der Waals surface area contributed by atoms with Crippen LogP contribution >= 0.6 is 0 Å². The van der Waals surface area contributed by atoms with E-state index in [1.165, 1.54) is 22.3 Å². The van der Waals surface area contributed by atoms with Crippen LogP contribution in [0.15, 0.2) is 97.3 Å². The summed E-state index contributed by atoms with van der Waals surface area (Å²) in [7, 11) is 0. The third-order valence-electron chi connectivity index (χ3n) is 7.70. The van der Waals surface area contributed by atoms with Crippen molar-refractivity contribution >= 4 is 0 Å². The van der Waals surface area contributed by atoms with Gasteiger partial charge >= 0.3 is 0 Å². The molecule has 2 aromatic carbocycles. The van der Waals surface area contributed by atoms with Crippen LogP contribution in [0.3, 0.4) is 0 Å². The summed E-state index contributed by atoms with van der Waals surface area (Å²) in [5.41, 5.74) is 7.71. The van der Waals surface area contributed by atoms with Gasteiger partial charge < -0.3 is 10.1 Å². The van der Waals surface area contributed by atoms with Gasteiger partial charge in [0.2, 0.25) is 0 Å². The van der Waals surface area contributed by atoms with E-state index in [4.69, 9.17) is 15.0 Å². The van der Waals surface area contributed by atoms with Crippen molar-refractivity contribution in [2.75, 3.05) is 0 Å². The summed E-state index contributed by atoms with van der Waals surface area (Å²) in [6, 6.07) is 29.2. The third kappa shape index (κ3) is 3.61. The highest BCUT2D eigenvalue weighted by Gasteiger charge is 2.48. The first-order chi connectivity index (χ1) is 18.2. The van der Waals surface area contributed by atoms with Crippen LogP contribution < -0.4 is 0 Å². The van der Waals surface area contributed by atoms with E-state index in [1.54, 1.807) is 0 Å². The lowest BCUT2D eigenvalue weighted by Gasteiger charge is -2.30. The van der Waals surface area contributed by atoms with Crippen LogP contribution in [0.1, 0.15) is 60.8 Å². The molecule has 0 fully saturated rings. The summed E-state index contributed by atoms with van der Waals surface area (Å²) < 4.78 is 0. The number of fused-ring (bicyclic) bond motifs is 3. The molecule has 2 atom stereocenters. The molecule has 184 valence electrons. The molecule has 5 heteroatoms. The zero-order valence-electron chi connectivity index (χ0n) is 21.1. The third-order valence-corrected chi connectivity index (χ3v) is 7.70. The average molecular weight is 487 g/mol. The van der Waals surface area contributed by atoms with Crippen molar-refractivity contribution < 1.29 is 5.11 Å². The van der Waals surface area contributed by atoms with Crippen LogP contribution in [0.5, 0.6) is 0 Å². The highest BCUT2D eigenvalue weighted by atomic mass is 16.3. The summed E-state index contributed by atoms with van der Waals surface area (Å²) in [4.78, 5) is 18.3. The van der Waals surface area contributed by atoms with Crippen molar-refractivity contribution in [1.82, 2.24) is 19.9 Å².